The van der Waals surface area contributed by atoms with Gasteiger partial charge in [0.15, 0.2) is 0 Å². The number of urea groups is 1. The van der Waals surface area contributed by atoms with Gasteiger partial charge in [0.05, 0.1) is 6.61 Å². The molecule has 0 radical (unpaired) electrons. The van der Waals surface area contributed by atoms with Crippen molar-refractivity contribution in [1.82, 2.24) is 10.6 Å². The van der Waals surface area contributed by atoms with Crippen LogP contribution in [0.3, 0.4) is 0 Å². The molecule has 0 saturated heterocycles. The molecule has 2 rings (SSSR count). The number of carbonyl (C=O) groups excluding carboxylic acids is 1. The van der Waals surface area contributed by atoms with Gasteiger partial charge in [-0.2, -0.15) is 0 Å². The smallest absolute Gasteiger partial charge is 0.314 e. The van der Waals surface area contributed by atoms with Crippen LogP contribution in [0.4, 0.5) is 9.18 Å². The largest absolute Gasteiger partial charge is 0.392 e. The highest BCUT2D eigenvalue weighted by Crippen LogP contribution is 2.06. The van der Waals surface area contributed by atoms with Gasteiger partial charge in [-0.25, -0.2) is 9.18 Å². The van der Waals surface area contributed by atoms with Crippen molar-refractivity contribution in [1.29, 1.82) is 0 Å². The van der Waals surface area contributed by atoms with E-state index < -0.39 is 0 Å². The van der Waals surface area contributed by atoms with Crippen LogP contribution in [-0.4, -0.2) is 24.2 Å². The molecule has 0 fully saturated rings. The first kappa shape index (κ1) is 17.9. The van der Waals surface area contributed by atoms with Crippen molar-refractivity contribution in [2.45, 2.75) is 25.9 Å². The molecular formula is C19H23FN2O2. The maximum Gasteiger partial charge on any atom is 0.314 e. The second kappa shape index (κ2) is 9.67. The van der Waals surface area contributed by atoms with Gasteiger partial charge in [0, 0.05) is 13.1 Å². The number of amides is 2. The van der Waals surface area contributed by atoms with Gasteiger partial charge in [-0.3, -0.25) is 0 Å². The molecule has 2 aromatic carbocycles. The van der Waals surface area contributed by atoms with Gasteiger partial charge in [-0.1, -0.05) is 36.4 Å². The first-order valence-corrected chi connectivity index (χ1v) is 8.12. The number of hydrogen-bond donors (Lipinski definition) is 3. The molecule has 0 unspecified atom stereocenters. The van der Waals surface area contributed by atoms with Crippen LogP contribution in [0.1, 0.15) is 23.1 Å². The van der Waals surface area contributed by atoms with E-state index in [1.54, 1.807) is 6.07 Å². The van der Waals surface area contributed by atoms with Crippen molar-refractivity contribution in [3.8, 4) is 0 Å². The summed E-state index contributed by atoms with van der Waals surface area (Å²) in [7, 11) is 0. The highest BCUT2D eigenvalue weighted by atomic mass is 19.1. The third kappa shape index (κ3) is 6.38. The highest BCUT2D eigenvalue weighted by Gasteiger charge is 2.01. The minimum Gasteiger partial charge on any atom is -0.392 e. The minimum atomic E-state index is -0.231. The van der Waals surface area contributed by atoms with Gasteiger partial charge >= 0.3 is 6.03 Å². The Morgan fingerprint density at radius 1 is 0.917 bits per heavy atom. The number of halogens is 1. The van der Waals surface area contributed by atoms with Crippen LogP contribution in [0.25, 0.3) is 0 Å². The Kier molecular flexibility index (Phi) is 7.23. The van der Waals surface area contributed by atoms with Gasteiger partial charge in [-0.15, -0.1) is 0 Å². The summed E-state index contributed by atoms with van der Waals surface area (Å²) in [6.45, 7) is 1.14. The molecule has 5 heteroatoms. The Labute approximate surface area is 141 Å². The molecule has 0 heterocycles. The van der Waals surface area contributed by atoms with E-state index in [0.717, 1.165) is 36.0 Å². The van der Waals surface area contributed by atoms with Gasteiger partial charge in [-0.05, 0) is 48.1 Å². The monoisotopic (exact) mass is 330 g/mol. The molecule has 0 spiro atoms. The lowest BCUT2D eigenvalue weighted by molar-refractivity contribution is 0.241. The minimum absolute atomic E-state index is 0.0383. The summed E-state index contributed by atoms with van der Waals surface area (Å²) in [6.07, 6.45) is 2.23. The molecule has 2 amide bonds. The molecule has 0 atom stereocenters. The molecule has 2 aromatic rings. The predicted octanol–water partition coefficient (Wildman–Crippen LogP) is 2.79. The van der Waals surface area contributed by atoms with Crippen molar-refractivity contribution in [3.63, 3.8) is 0 Å². The summed E-state index contributed by atoms with van der Waals surface area (Å²) in [4.78, 5) is 11.7. The summed E-state index contributed by atoms with van der Waals surface area (Å²) in [5.74, 6) is -0.231. The van der Waals surface area contributed by atoms with E-state index in [9.17, 15) is 9.18 Å². The predicted molar refractivity (Wildman–Crippen MR) is 92.2 cm³/mol. The molecule has 4 nitrogen and oxygen atoms in total. The lowest BCUT2D eigenvalue weighted by atomic mass is 10.1. The topological polar surface area (TPSA) is 61.4 Å². The summed E-state index contributed by atoms with van der Waals surface area (Å²) in [5, 5.41) is 14.6. The Hall–Kier alpha value is -2.40. The summed E-state index contributed by atoms with van der Waals surface area (Å²) < 4.78 is 13.0. The standard InChI is InChI=1S/C19H23FN2O2/c20-18-5-1-3-16(13-18)4-2-11-21-19(24)22-12-10-15-6-8-17(14-23)9-7-15/h1,3,5-9,13,23H,2,4,10-12,14H2,(H2,21,22,24). The van der Waals surface area contributed by atoms with Gasteiger partial charge in [0.2, 0.25) is 0 Å². The molecule has 0 aromatic heterocycles. The fourth-order valence-electron chi connectivity index (χ4n) is 2.38. The molecule has 3 N–H and O–H groups in total. The van der Waals surface area contributed by atoms with E-state index in [4.69, 9.17) is 5.11 Å². The normalized spacial score (nSPS) is 10.4. The maximum absolute atomic E-state index is 13.0. The zero-order chi connectivity index (χ0) is 17.2. The number of aryl methyl sites for hydroxylation is 1. The third-order valence-electron chi connectivity index (χ3n) is 3.72. The Morgan fingerprint density at radius 2 is 1.62 bits per heavy atom. The van der Waals surface area contributed by atoms with Crippen molar-refractivity contribution >= 4 is 6.03 Å². The lowest BCUT2D eigenvalue weighted by Crippen LogP contribution is -2.37. The van der Waals surface area contributed by atoms with E-state index in [0.29, 0.717) is 13.1 Å². The number of nitrogens with one attached hydrogen (secondary N) is 2. The molecule has 0 saturated carbocycles. The van der Waals surface area contributed by atoms with E-state index in [-0.39, 0.29) is 18.5 Å². The Bertz CT molecular complexity index is 644. The van der Waals surface area contributed by atoms with E-state index in [2.05, 4.69) is 10.6 Å². The van der Waals surface area contributed by atoms with Crippen LogP contribution >= 0.6 is 0 Å². The average Bonchev–Trinajstić information content (AvgIpc) is 2.59. The van der Waals surface area contributed by atoms with Crippen LogP contribution < -0.4 is 10.6 Å². The fraction of sp³-hybridized carbons (Fsp3) is 0.316. The molecule has 0 bridgehead atoms. The number of aliphatic hydroxyl groups excluding tert-OH is 1. The SMILES string of the molecule is O=C(NCCCc1cccc(F)c1)NCCc1ccc(CO)cc1. The average molecular weight is 330 g/mol. The van der Waals surface area contributed by atoms with E-state index in [1.165, 1.54) is 12.1 Å². The number of hydrogen-bond acceptors (Lipinski definition) is 2. The van der Waals surface area contributed by atoms with Gasteiger partial charge < -0.3 is 15.7 Å². The van der Waals surface area contributed by atoms with Crippen molar-refractivity contribution in [3.05, 3.63) is 71.0 Å². The summed E-state index contributed by atoms with van der Waals surface area (Å²) in [5.41, 5.74) is 2.92. The van der Waals surface area contributed by atoms with Crippen LogP contribution in [0.5, 0.6) is 0 Å². The number of carbonyl (C=O) groups is 1. The van der Waals surface area contributed by atoms with Crippen LogP contribution in [-0.2, 0) is 19.4 Å². The van der Waals surface area contributed by atoms with Crippen molar-refractivity contribution < 1.29 is 14.3 Å². The second-order valence-electron chi connectivity index (χ2n) is 5.64. The highest BCUT2D eigenvalue weighted by molar-refractivity contribution is 5.73. The summed E-state index contributed by atoms with van der Waals surface area (Å²) >= 11 is 0. The van der Waals surface area contributed by atoms with Crippen LogP contribution in [0.2, 0.25) is 0 Å². The molecule has 0 aliphatic rings. The van der Waals surface area contributed by atoms with E-state index in [1.807, 2.05) is 30.3 Å². The van der Waals surface area contributed by atoms with Gasteiger partial charge in [0.1, 0.15) is 5.82 Å². The number of aliphatic hydroxyl groups is 1. The van der Waals surface area contributed by atoms with E-state index >= 15 is 0 Å². The van der Waals surface area contributed by atoms with Crippen LogP contribution in [0, 0.1) is 5.82 Å². The number of benzene rings is 2. The molecule has 0 aliphatic heterocycles. The number of rotatable bonds is 8. The zero-order valence-corrected chi connectivity index (χ0v) is 13.6. The fourth-order valence-corrected chi connectivity index (χ4v) is 2.38. The quantitative estimate of drug-likeness (QED) is 0.652. The van der Waals surface area contributed by atoms with Gasteiger partial charge in [0.25, 0.3) is 0 Å². The molecule has 24 heavy (non-hydrogen) atoms. The molecular weight excluding hydrogens is 307 g/mol. The summed E-state index contributed by atoms with van der Waals surface area (Å²) in [6, 6.07) is 14.0. The van der Waals surface area contributed by atoms with Crippen molar-refractivity contribution in [2.24, 2.45) is 0 Å². The second-order valence-corrected chi connectivity index (χ2v) is 5.64. The maximum atomic E-state index is 13.0. The Balaban J connectivity index is 1.57. The molecule has 128 valence electrons. The first-order valence-electron chi connectivity index (χ1n) is 8.12. The lowest BCUT2D eigenvalue weighted by Gasteiger charge is -2.08. The van der Waals surface area contributed by atoms with Crippen LogP contribution in [0.15, 0.2) is 48.5 Å². The first-order chi connectivity index (χ1) is 11.7. The third-order valence-corrected chi connectivity index (χ3v) is 3.72. The molecule has 0 aliphatic carbocycles. The zero-order valence-electron chi connectivity index (χ0n) is 13.6. The van der Waals surface area contributed by atoms with Crippen molar-refractivity contribution in [2.75, 3.05) is 13.1 Å². The Morgan fingerprint density at radius 3 is 2.33 bits per heavy atom.